The van der Waals surface area contributed by atoms with Crippen LogP contribution in [0.4, 0.5) is 4.39 Å². The minimum Gasteiger partial charge on any atom is -0.459 e. The number of amides is 1. The van der Waals surface area contributed by atoms with Gasteiger partial charge in [-0.2, -0.15) is 0 Å². The lowest BCUT2D eigenvalue weighted by Gasteiger charge is -2.44. The van der Waals surface area contributed by atoms with E-state index in [0.717, 1.165) is 18.5 Å². The third kappa shape index (κ3) is 3.67. The molecule has 0 radical (unpaired) electrons. The number of hydrogen-bond acceptors (Lipinski definition) is 3. The summed E-state index contributed by atoms with van der Waals surface area (Å²) in [4.78, 5) is 16.7. The third-order valence-electron chi connectivity index (χ3n) is 4.69. The molecular weight excluding hydrogens is 307 g/mol. The number of halogens is 1. The molecule has 24 heavy (non-hydrogen) atoms. The van der Waals surface area contributed by atoms with Gasteiger partial charge in [0.25, 0.3) is 5.91 Å². The van der Waals surface area contributed by atoms with Crippen molar-refractivity contribution in [1.29, 1.82) is 0 Å². The molecule has 1 aromatic heterocycles. The summed E-state index contributed by atoms with van der Waals surface area (Å²) >= 11 is 0. The van der Waals surface area contributed by atoms with Crippen molar-refractivity contribution in [2.75, 3.05) is 19.6 Å². The van der Waals surface area contributed by atoms with E-state index in [9.17, 15) is 9.18 Å². The van der Waals surface area contributed by atoms with Crippen molar-refractivity contribution in [3.8, 4) is 0 Å². The number of furan rings is 1. The molecule has 5 heteroatoms. The SMILES string of the molecule is CC1CN(C(=O)c2ccco2)CC(C)N1CCc1ccc(F)cc1. The first kappa shape index (κ1) is 16.7. The second-order valence-corrected chi connectivity index (χ2v) is 6.50. The van der Waals surface area contributed by atoms with Crippen LogP contribution in [-0.4, -0.2) is 47.4 Å². The van der Waals surface area contributed by atoms with E-state index in [4.69, 9.17) is 4.42 Å². The van der Waals surface area contributed by atoms with Crippen molar-refractivity contribution in [2.24, 2.45) is 0 Å². The van der Waals surface area contributed by atoms with Gasteiger partial charge in [-0.15, -0.1) is 0 Å². The quantitative estimate of drug-likeness (QED) is 0.864. The molecule has 2 unspecified atom stereocenters. The molecule has 1 aliphatic rings. The zero-order valence-electron chi connectivity index (χ0n) is 14.1. The lowest BCUT2D eigenvalue weighted by atomic mass is 10.1. The summed E-state index contributed by atoms with van der Waals surface area (Å²) < 4.78 is 18.2. The van der Waals surface area contributed by atoms with Gasteiger partial charge in [-0.25, -0.2) is 4.39 Å². The van der Waals surface area contributed by atoms with Crippen LogP contribution in [0.15, 0.2) is 47.1 Å². The van der Waals surface area contributed by atoms with Crippen molar-refractivity contribution < 1.29 is 13.6 Å². The van der Waals surface area contributed by atoms with Crippen LogP contribution >= 0.6 is 0 Å². The Kier molecular flexibility index (Phi) is 5.00. The maximum Gasteiger partial charge on any atom is 0.289 e. The molecule has 0 spiro atoms. The van der Waals surface area contributed by atoms with E-state index >= 15 is 0 Å². The summed E-state index contributed by atoms with van der Waals surface area (Å²) in [5, 5.41) is 0. The first-order valence-corrected chi connectivity index (χ1v) is 8.37. The van der Waals surface area contributed by atoms with E-state index in [1.54, 1.807) is 12.1 Å². The topological polar surface area (TPSA) is 36.7 Å². The van der Waals surface area contributed by atoms with Gasteiger partial charge in [-0.05, 0) is 50.1 Å². The summed E-state index contributed by atoms with van der Waals surface area (Å²) in [5.74, 6) is 0.150. The van der Waals surface area contributed by atoms with Crippen LogP contribution in [0.2, 0.25) is 0 Å². The molecule has 2 atom stereocenters. The van der Waals surface area contributed by atoms with E-state index in [1.807, 2.05) is 17.0 Å². The third-order valence-corrected chi connectivity index (χ3v) is 4.69. The zero-order valence-corrected chi connectivity index (χ0v) is 14.1. The highest BCUT2D eigenvalue weighted by Crippen LogP contribution is 2.19. The summed E-state index contributed by atoms with van der Waals surface area (Å²) in [6.45, 7) is 6.56. The zero-order chi connectivity index (χ0) is 17.1. The Labute approximate surface area is 141 Å². The first-order valence-electron chi connectivity index (χ1n) is 8.37. The van der Waals surface area contributed by atoms with E-state index in [0.29, 0.717) is 18.8 Å². The molecule has 1 amide bonds. The molecule has 0 bridgehead atoms. The molecule has 1 aliphatic heterocycles. The number of benzene rings is 1. The Morgan fingerprint density at radius 3 is 2.42 bits per heavy atom. The molecule has 2 heterocycles. The molecule has 1 saturated heterocycles. The average Bonchev–Trinajstić information content (AvgIpc) is 3.09. The van der Waals surface area contributed by atoms with Crippen LogP contribution in [-0.2, 0) is 6.42 Å². The van der Waals surface area contributed by atoms with Crippen LogP contribution < -0.4 is 0 Å². The van der Waals surface area contributed by atoms with Gasteiger partial charge in [0.2, 0.25) is 0 Å². The molecule has 1 fully saturated rings. The van der Waals surface area contributed by atoms with Gasteiger partial charge in [-0.3, -0.25) is 9.69 Å². The van der Waals surface area contributed by atoms with Gasteiger partial charge >= 0.3 is 0 Å². The first-order chi connectivity index (χ1) is 11.5. The Bertz CT molecular complexity index is 657. The van der Waals surface area contributed by atoms with Gasteiger partial charge in [0.05, 0.1) is 6.26 Å². The molecule has 0 aliphatic carbocycles. The maximum atomic E-state index is 13.0. The Hall–Kier alpha value is -2.14. The normalized spacial score (nSPS) is 21.9. The molecule has 128 valence electrons. The Morgan fingerprint density at radius 2 is 1.83 bits per heavy atom. The van der Waals surface area contributed by atoms with Crippen molar-refractivity contribution in [3.63, 3.8) is 0 Å². The van der Waals surface area contributed by atoms with Crippen LogP contribution in [0.3, 0.4) is 0 Å². The predicted molar refractivity (Wildman–Crippen MR) is 90.3 cm³/mol. The largest absolute Gasteiger partial charge is 0.459 e. The second-order valence-electron chi connectivity index (χ2n) is 6.50. The molecule has 4 nitrogen and oxygen atoms in total. The number of nitrogens with zero attached hydrogens (tertiary/aromatic N) is 2. The van der Waals surface area contributed by atoms with Gasteiger partial charge < -0.3 is 9.32 Å². The Morgan fingerprint density at radius 1 is 1.17 bits per heavy atom. The van der Waals surface area contributed by atoms with E-state index in [2.05, 4.69) is 18.7 Å². The van der Waals surface area contributed by atoms with Gasteiger partial charge in [0.15, 0.2) is 5.76 Å². The summed E-state index contributed by atoms with van der Waals surface area (Å²) in [5.41, 5.74) is 1.13. The van der Waals surface area contributed by atoms with Crippen molar-refractivity contribution in [2.45, 2.75) is 32.4 Å². The van der Waals surface area contributed by atoms with Crippen molar-refractivity contribution >= 4 is 5.91 Å². The lowest BCUT2D eigenvalue weighted by molar-refractivity contribution is 0.0290. The van der Waals surface area contributed by atoms with Crippen LogP contribution in [0.5, 0.6) is 0 Å². The Balaban J connectivity index is 1.59. The number of carbonyl (C=O) groups excluding carboxylic acids is 1. The smallest absolute Gasteiger partial charge is 0.289 e. The van der Waals surface area contributed by atoms with Gasteiger partial charge in [0, 0.05) is 31.7 Å². The van der Waals surface area contributed by atoms with E-state index in [-0.39, 0.29) is 23.8 Å². The van der Waals surface area contributed by atoms with Crippen LogP contribution in [0.1, 0.15) is 30.0 Å². The number of carbonyl (C=O) groups is 1. The summed E-state index contributed by atoms with van der Waals surface area (Å²) in [6.07, 6.45) is 2.40. The number of hydrogen-bond donors (Lipinski definition) is 0. The van der Waals surface area contributed by atoms with Gasteiger partial charge in [0.1, 0.15) is 5.82 Å². The van der Waals surface area contributed by atoms with Crippen molar-refractivity contribution in [1.82, 2.24) is 9.80 Å². The fourth-order valence-electron chi connectivity index (χ4n) is 3.43. The highest BCUT2D eigenvalue weighted by atomic mass is 19.1. The molecule has 0 saturated carbocycles. The number of piperazine rings is 1. The summed E-state index contributed by atoms with van der Waals surface area (Å²) in [7, 11) is 0. The lowest BCUT2D eigenvalue weighted by Crippen LogP contribution is -2.58. The summed E-state index contributed by atoms with van der Waals surface area (Å²) in [6, 6.07) is 10.7. The molecule has 2 aromatic rings. The standard InChI is InChI=1S/C19H23FN2O2/c1-14-12-21(19(23)18-4-3-11-24-18)13-15(2)22(14)10-9-16-5-7-17(20)8-6-16/h3-8,11,14-15H,9-10,12-13H2,1-2H3. The monoisotopic (exact) mass is 330 g/mol. The average molecular weight is 330 g/mol. The second kappa shape index (κ2) is 7.18. The molecular formula is C19H23FN2O2. The van der Waals surface area contributed by atoms with Crippen LogP contribution in [0, 0.1) is 5.82 Å². The molecule has 1 aromatic carbocycles. The van der Waals surface area contributed by atoms with E-state index in [1.165, 1.54) is 18.4 Å². The highest BCUT2D eigenvalue weighted by Gasteiger charge is 2.32. The van der Waals surface area contributed by atoms with E-state index < -0.39 is 0 Å². The minimum atomic E-state index is -0.203. The predicted octanol–water partition coefficient (Wildman–Crippen LogP) is 3.20. The molecule has 3 rings (SSSR count). The highest BCUT2D eigenvalue weighted by molar-refractivity contribution is 5.91. The number of rotatable bonds is 4. The minimum absolute atomic E-state index is 0.0446. The fourth-order valence-corrected chi connectivity index (χ4v) is 3.43. The molecule has 0 N–H and O–H groups in total. The maximum absolute atomic E-state index is 13.0. The van der Waals surface area contributed by atoms with Crippen molar-refractivity contribution in [3.05, 3.63) is 59.8 Å². The van der Waals surface area contributed by atoms with Gasteiger partial charge in [-0.1, -0.05) is 12.1 Å². The fraction of sp³-hybridized carbons (Fsp3) is 0.421. The van der Waals surface area contributed by atoms with Crippen LogP contribution in [0.25, 0.3) is 0 Å².